The van der Waals surface area contributed by atoms with Gasteiger partial charge in [0.2, 0.25) is 0 Å². The van der Waals surface area contributed by atoms with Crippen molar-refractivity contribution in [3.8, 4) is 0 Å². The number of rotatable bonds is 1. The fourth-order valence-corrected chi connectivity index (χ4v) is 3.75. The zero-order chi connectivity index (χ0) is 11.6. The lowest BCUT2D eigenvalue weighted by Gasteiger charge is -2.15. The van der Waals surface area contributed by atoms with E-state index in [1.54, 1.807) is 18.2 Å². The SMILES string of the molecule is O=S1(=O)CCNCCC1c1ccccc1F. The Morgan fingerprint density at radius 1 is 1.25 bits per heavy atom. The Balaban J connectivity index is 2.42. The molecule has 1 aromatic rings. The van der Waals surface area contributed by atoms with Gasteiger partial charge in [-0.05, 0) is 19.0 Å². The largest absolute Gasteiger partial charge is 0.316 e. The van der Waals surface area contributed by atoms with E-state index in [0.717, 1.165) is 0 Å². The van der Waals surface area contributed by atoms with Crippen molar-refractivity contribution in [1.82, 2.24) is 5.32 Å². The lowest BCUT2D eigenvalue weighted by atomic mass is 10.1. The van der Waals surface area contributed by atoms with E-state index >= 15 is 0 Å². The summed E-state index contributed by atoms with van der Waals surface area (Å²) in [5, 5.41) is 2.32. The summed E-state index contributed by atoms with van der Waals surface area (Å²) in [5.41, 5.74) is 0.297. The van der Waals surface area contributed by atoms with Gasteiger partial charge in [0, 0.05) is 12.1 Å². The molecule has 1 atom stereocenters. The van der Waals surface area contributed by atoms with Crippen LogP contribution >= 0.6 is 0 Å². The van der Waals surface area contributed by atoms with Gasteiger partial charge in [0.05, 0.1) is 11.0 Å². The molecule has 16 heavy (non-hydrogen) atoms. The second kappa shape index (κ2) is 4.51. The first-order valence-corrected chi connectivity index (χ1v) is 6.99. The number of nitrogens with one attached hydrogen (secondary N) is 1. The maximum absolute atomic E-state index is 13.6. The zero-order valence-corrected chi connectivity index (χ0v) is 9.63. The number of halogens is 1. The van der Waals surface area contributed by atoms with Crippen molar-refractivity contribution >= 4 is 9.84 Å². The highest BCUT2D eigenvalue weighted by molar-refractivity contribution is 7.91. The van der Waals surface area contributed by atoms with Gasteiger partial charge >= 0.3 is 0 Å². The Hall–Kier alpha value is -0.940. The Kier molecular flexibility index (Phi) is 3.25. The molecule has 0 radical (unpaired) electrons. The quantitative estimate of drug-likeness (QED) is 0.808. The topological polar surface area (TPSA) is 46.2 Å². The van der Waals surface area contributed by atoms with Gasteiger partial charge in [-0.2, -0.15) is 0 Å². The van der Waals surface area contributed by atoms with Crippen LogP contribution in [-0.4, -0.2) is 27.3 Å². The van der Waals surface area contributed by atoms with Crippen LogP contribution in [0.2, 0.25) is 0 Å². The van der Waals surface area contributed by atoms with E-state index in [9.17, 15) is 12.8 Å². The molecule has 1 N–H and O–H groups in total. The molecule has 1 unspecified atom stereocenters. The Morgan fingerprint density at radius 3 is 2.75 bits per heavy atom. The molecule has 0 aromatic heterocycles. The summed E-state index contributed by atoms with van der Waals surface area (Å²) in [4.78, 5) is 0. The van der Waals surface area contributed by atoms with Gasteiger partial charge in [-0.3, -0.25) is 0 Å². The number of benzene rings is 1. The molecule has 1 aliphatic rings. The Labute approximate surface area is 94.6 Å². The molecule has 0 amide bonds. The fourth-order valence-electron chi connectivity index (χ4n) is 1.98. The van der Waals surface area contributed by atoms with Crippen LogP contribution in [0.3, 0.4) is 0 Å². The molecule has 5 heteroatoms. The highest BCUT2D eigenvalue weighted by atomic mass is 32.2. The van der Waals surface area contributed by atoms with Crippen LogP contribution < -0.4 is 5.32 Å². The minimum Gasteiger partial charge on any atom is -0.316 e. The first-order chi connectivity index (χ1) is 7.61. The highest BCUT2D eigenvalue weighted by Crippen LogP contribution is 2.29. The Morgan fingerprint density at radius 2 is 2.00 bits per heavy atom. The van der Waals surface area contributed by atoms with Crippen molar-refractivity contribution < 1.29 is 12.8 Å². The smallest absolute Gasteiger partial charge is 0.158 e. The van der Waals surface area contributed by atoms with Crippen LogP contribution in [0.15, 0.2) is 24.3 Å². The normalized spacial score (nSPS) is 24.9. The van der Waals surface area contributed by atoms with Crippen molar-refractivity contribution in [3.63, 3.8) is 0 Å². The van der Waals surface area contributed by atoms with Crippen LogP contribution in [0.4, 0.5) is 4.39 Å². The van der Waals surface area contributed by atoms with Gasteiger partial charge in [-0.1, -0.05) is 18.2 Å². The molecule has 1 saturated heterocycles. The molecule has 3 nitrogen and oxygen atoms in total. The predicted molar refractivity (Wildman–Crippen MR) is 60.4 cm³/mol. The summed E-state index contributed by atoms with van der Waals surface area (Å²) in [5.74, 6) is -0.357. The van der Waals surface area contributed by atoms with Crippen molar-refractivity contribution in [2.45, 2.75) is 11.7 Å². The Bertz CT molecular complexity index is 473. The van der Waals surface area contributed by atoms with Crippen LogP contribution in [0.5, 0.6) is 0 Å². The minimum absolute atomic E-state index is 0.0754. The molecule has 1 heterocycles. The third kappa shape index (κ3) is 2.25. The average Bonchev–Trinajstić information content (AvgIpc) is 2.40. The molecule has 0 spiro atoms. The van der Waals surface area contributed by atoms with E-state index in [4.69, 9.17) is 0 Å². The van der Waals surface area contributed by atoms with E-state index in [1.807, 2.05) is 0 Å². The maximum Gasteiger partial charge on any atom is 0.158 e. The van der Waals surface area contributed by atoms with E-state index in [-0.39, 0.29) is 5.75 Å². The number of hydrogen-bond donors (Lipinski definition) is 1. The highest BCUT2D eigenvalue weighted by Gasteiger charge is 2.30. The second-order valence-electron chi connectivity index (χ2n) is 3.92. The van der Waals surface area contributed by atoms with Gasteiger partial charge in [0.15, 0.2) is 9.84 Å². The lowest BCUT2D eigenvalue weighted by Crippen LogP contribution is -2.19. The van der Waals surface area contributed by atoms with Gasteiger partial charge in [0.25, 0.3) is 0 Å². The van der Waals surface area contributed by atoms with E-state index < -0.39 is 20.9 Å². The molecule has 1 fully saturated rings. The van der Waals surface area contributed by atoms with Crippen LogP contribution in [-0.2, 0) is 9.84 Å². The van der Waals surface area contributed by atoms with Crippen LogP contribution in [0, 0.1) is 5.82 Å². The summed E-state index contributed by atoms with van der Waals surface area (Å²) in [6, 6.07) is 6.11. The molecule has 0 aliphatic carbocycles. The maximum atomic E-state index is 13.6. The van der Waals surface area contributed by atoms with E-state index in [2.05, 4.69) is 5.32 Å². The first kappa shape index (κ1) is 11.5. The number of hydrogen-bond acceptors (Lipinski definition) is 3. The van der Waals surface area contributed by atoms with Crippen molar-refractivity contribution in [2.24, 2.45) is 0 Å². The monoisotopic (exact) mass is 243 g/mol. The predicted octanol–water partition coefficient (Wildman–Crippen LogP) is 1.27. The summed E-state index contributed by atoms with van der Waals surface area (Å²) < 4.78 is 37.5. The van der Waals surface area contributed by atoms with Gasteiger partial charge in [0.1, 0.15) is 5.82 Å². The molecule has 1 aliphatic heterocycles. The fraction of sp³-hybridized carbons (Fsp3) is 0.455. The molecule has 0 bridgehead atoms. The zero-order valence-electron chi connectivity index (χ0n) is 8.82. The standard InChI is InChI=1S/C11H14FNO2S/c12-10-4-2-1-3-9(10)11-5-6-13-7-8-16(11,14)15/h1-4,11,13H,5-8H2. The van der Waals surface area contributed by atoms with Crippen molar-refractivity contribution in [3.05, 3.63) is 35.6 Å². The lowest BCUT2D eigenvalue weighted by molar-refractivity contribution is 0.564. The van der Waals surface area contributed by atoms with Crippen LogP contribution in [0.25, 0.3) is 0 Å². The number of sulfone groups is 1. The summed E-state index contributed by atoms with van der Waals surface area (Å²) >= 11 is 0. The summed E-state index contributed by atoms with van der Waals surface area (Å²) in [7, 11) is -3.24. The molecule has 1 aromatic carbocycles. The van der Waals surface area contributed by atoms with Gasteiger partial charge in [-0.25, -0.2) is 12.8 Å². The molecule has 88 valence electrons. The van der Waals surface area contributed by atoms with Crippen LogP contribution in [0.1, 0.15) is 17.2 Å². The van der Waals surface area contributed by atoms with Gasteiger partial charge < -0.3 is 5.32 Å². The second-order valence-corrected chi connectivity index (χ2v) is 6.22. The summed E-state index contributed by atoms with van der Waals surface area (Å²) in [6.07, 6.45) is 0.434. The van der Waals surface area contributed by atoms with E-state index in [1.165, 1.54) is 6.07 Å². The third-order valence-electron chi connectivity index (χ3n) is 2.83. The average molecular weight is 243 g/mol. The van der Waals surface area contributed by atoms with E-state index in [0.29, 0.717) is 25.1 Å². The third-order valence-corrected chi connectivity index (χ3v) is 4.96. The molecule has 0 saturated carbocycles. The summed E-state index contributed by atoms with van der Waals surface area (Å²) in [6.45, 7) is 1.06. The first-order valence-electron chi connectivity index (χ1n) is 5.28. The van der Waals surface area contributed by atoms with Gasteiger partial charge in [-0.15, -0.1) is 0 Å². The molecular weight excluding hydrogens is 229 g/mol. The molecule has 2 rings (SSSR count). The van der Waals surface area contributed by atoms with Crippen molar-refractivity contribution in [2.75, 3.05) is 18.8 Å². The molecular formula is C11H14FNO2S. The van der Waals surface area contributed by atoms with Crippen molar-refractivity contribution in [1.29, 1.82) is 0 Å². The minimum atomic E-state index is -3.24.